The Labute approximate surface area is 96.4 Å². The molecule has 0 saturated carbocycles. The van der Waals surface area contributed by atoms with Gasteiger partial charge in [-0.2, -0.15) is 5.26 Å². The molecule has 6 heteroatoms. The second kappa shape index (κ2) is 4.22. The van der Waals surface area contributed by atoms with Crippen LogP contribution in [0.1, 0.15) is 5.56 Å². The van der Waals surface area contributed by atoms with Crippen molar-refractivity contribution in [3.8, 4) is 6.07 Å². The number of carbonyl (C=O) groups excluding carboxylic acids is 2. The van der Waals surface area contributed by atoms with Crippen LogP contribution in [0.15, 0.2) is 18.2 Å². The van der Waals surface area contributed by atoms with Gasteiger partial charge in [0.05, 0.1) is 30.4 Å². The number of rotatable bonds is 1. The highest BCUT2D eigenvalue weighted by atomic mass is 19.1. The van der Waals surface area contributed by atoms with Crippen molar-refractivity contribution in [2.24, 2.45) is 0 Å². The van der Waals surface area contributed by atoms with Crippen LogP contribution in [0, 0.1) is 17.1 Å². The Morgan fingerprint density at radius 2 is 1.94 bits per heavy atom. The van der Waals surface area contributed by atoms with E-state index < -0.39 is 17.6 Å². The summed E-state index contributed by atoms with van der Waals surface area (Å²) in [7, 11) is 0. The van der Waals surface area contributed by atoms with Gasteiger partial charge in [-0.3, -0.25) is 14.9 Å². The highest BCUT2D eigenvalue weighted by Crippen LogP contribution is 2.20. The molecule has 1 aliphatic rings. The average Bonchev–Trinajstić information content (AvgIpc) is 2.27. The quantitative estimate of drug-likeness (QED) is 0.701. The molecule has 0 unspecified atom stereocenters. The van der Waals surface area contributed by atoms with Crippen LogP contribution in [0.25, 0.3) is 0 Å². The molecule has 0 radical (unpaired) electrons. The Morgan fingerprint density at radius 3 is 2.47 bits per heavy atom. The van der Waals surface area contributed by atoms with E-state index in [2.05, 4.69) is 5.32 Å². The number of halogens is 1. The smallest absolute Gasteiger partial charge is 0.246 e. The zero-order valence-electron chi connectivity index (χ0n) is 8.74. The number of nitrogens with one attached hydrogen (secondary N) is 1. The monoisotopic (exact) mass is 233 g/mol. The molecule has 1 saturated heterocycles. The lowest BCUT2D eigenvalue weighted by Gasteiger charge is -2.27. The van der Waals surface area contributed by atoms with Crippen LogP contribution < -0.4 is 10.2 Å². The van der Waals surface area contributed by atoms with Crippen LogP contribution in [0.3, 0.4) is 0 Å². The first kappa shape index (κ1) is 11.1. The van der Waals surface area contributed by atoms with Crippen LogP contribution in [0.5, 0.6) is 0 Å². The molecule has 1 aliphatic heterocycles. The molecule has 0 bridgehead atoms. The van der Waals surface area contributed by atoms with Crippen LogP contribution in [0.2, 0.25) is 0 Å². The molecule has 0 aliphatic carbocycles. The molecule has 1 aromatic carbocycles. The fourth-order valence-corrected chi connectivity index (χ4v) is 1.64. The molecule has 0 atom stereocenters. The van der Waals surface area contributed by atoms with Crippen molar-refractivity contribution in [2.75, 3.05) is 18.0 Å². The number of nitriles is 1. The van der Waals surface area contributed by atoms with E-state index in [1.54, 1.807) is 0 Å². The molecule has 1 fully saturated rings. The van der Waals surface area contributed by atoms with Crippen molar-refractivity contribution in [1.82, 2.24) is 5.32 Å². The van der Waals surface area contributed by atoms with Crippen LogP contribution in [-0.2, 0) is 9.59 Å². The first-order chi connectivity index (χ1) is 8.10. The number of anilines is 1. The Balaban J connectivity index is 2.31. The highest BCUT2D eigenvalue weighted by Gasteiger charge is 2.24. The maximum absolute atomic E-state index is 13.6. The topological polar surface area (TPSA) is 73.2 Å². The van der Waals surface area contributed by atoms with Crippen molar-refractivity contribution < 1.29 is 14.0 Å². The minimum Gasteiger partial charge on any atom is -0.351 e. The summed E-state index contributed by atoms with van der Waals surface area (Å²) in [6, 6.07) is 5.71. The van der Waals surface area contributed by atoms with Crippen LogP contribution >= 0.6 is 0 Å². The highest BCUT2D eigenvalue weighted by molar-refractivity contribution is 6.02. The third-order valence-electron chi connectivity index (χ3n) is 2.37. The molecule has 17 heavy (non-hydrogen) atoms. The second-order valence-corrected chi connectivity index (χ2v) is 3.61. The zero-order valence-corrected chi connectivity index (χ0v) is 8.74. The zero-order chi connectivity index (χ0) is 12.4. The predicted molar refractivity (Wildman–Crippen MR) is 56.5 cm³/mol. The van der Waals surface area contributed by atoms with Gasteiger partial charge in [0.2, 0.25) is 11.8 Å². The van der Waals surface area contributed by atoms with E-state index in [4.69, 9.17) is 5.26 Å². The van der Waals surface area contributed by atoms with Crippen molar-refractivity contribution in [2.45, 2.75) is 0 Å². The number of amides is 2. The van der Waals surface area contributed by atoms with Gasteiger partial charge in [0.1, 0.15) is 5.82 Å². The fraction of sp³-hybridized carbons (Fsp3) is 0.182. The van der Waals surface area contributed by atoms with E-state index in [-0.39, 0.29) is 24.3 Å². The van der Waals surface area contributed by atoms with Crippen molar-refractivity contribution in [1.29, 1.82) is 5.26 Å². The molecule has 86 valence electrons. The number of carbonyl (C=O) groups is 2. The van der Waals surface area contributed by atoms with Gasteiger partial charge in [0, 0.05) is 0 Å². The molecule has 1 heterocycles. The molecule has 1 N–H and O–H groups in total. The molecule has 5 nitrogen and oxygen atoms in total. The molecular weight excluding hydrogens is 225 g/mol. The van der Waals surface area contributed by atoms with Crippen molar-refractivity contribution >= 4 is 17.5 Å². The summed E-state index contributed by atoms with van der Waals surface area (Å²) < 4.78 is 13.6. The normalized spacial score (nSPS) is 15.4. The summed E-state index contributed by atoms with van der Waals surface area (Å²) in [5.74, 6) is -1.55. The molecular formula is C11H8FN3O2. The summed E-state index contributed by atoms with van der Waals surface area (Å²) in [4.78, 5) is 23.6. The lowest BCUT2D eigenvalue weighted by atomic mass is 10.2. The average molecular weight is 233 g/mol. The summed E-state index contributed by atoms with van der Waals surface area (Å²) in [5, 5.41) is 10.7. The SMILES string of the molecule is N#Cc1ccc(N2CC(=O)NC(=O)C2)c(F)c1. The van der Waals surface area contributed by atoms with Crippen LogP contribution in [-0.4, -0.2) is 24.9 Å². The summed E-state index contributed by atoms with van der Waals surface area (Å²) in [6.07, 6.45) is 0. The summed E-state index contributed by atoms with van der Waals surface area (Å²) in [6.45, 7) is -0.150. The maximum Gasteiger partial charge on any atom is 0.246 e. The number of piperazine rings is 1. The van der Waals surface area contributed by atoms with Crippen molar-refractivity contribution in [3.63, 3.8) is 0 Å². The van der Waals surface area contributed by atoms with Gasteiger partial charge >= 0.3 is 0 Å². The summed E-state index contributed by atoms with van der Waals surface area (Å²) in [5.41, 5.74) is 0.339. The van der Waals surface area contributed by atoms with E-state index in [0.717, 1.165) is 6.07 Å². The lowest BCUT2D eigenvalue weighted by Crippen LogP contribution is -2.51. The number of imide groups is 1. The first-order valence-corrected chi connectivity index (χ1v) is 4.87. The third-order valence-corrected chi connectivity index (χ3v) is 2.37. The Morgan fingerprint density at radius 1 is 1.29 bits per heavy atom. The number of hydrogen-bond donors (Lipinski definition) is 1. The van der Waals surface area contributed by atoms with Gasteiger partial charge in [-0.1, -0.05) is 0 Å². The standard InChI is InChI=1S/C11H8FN3O2/c12-8-3-7(4-13)1-2-9(8)15-5-10(16)14-11(17)6-15/h1-3H,5-6H2,(H,14,16,17). The van der Waals surface area contributed by atoms with E-state index in [0.29, 0.717) is 0 Å². The Hall–Kier alpha value is -2.42. The predicted octanol–water partition coefficient (Wildman–Crippen LogP) is 0.160. The van der Waals surface area contributed by atoms with Gasteiger partial charge in [0.25, 0.3) is 0 Å². The number of hydrogen-bond acceptors (Lipinski definition) is 4. The van der Waals surface area contributed by atoms with Gasteiger partial charge in [-0.05, 0) is 18.2 Å². The Bertz CT molecular complexity index is 520. The fourth-order valence-electron chi connectivity index (χ4n) is 1.64. The van der Waals surface area contributed by atoms with E-state index >= 15 is 0 Å². The molecule has 2 amide bonds. The van der Waals surface area contributed by atoms with Crippen LogP contribution in [0.4, 0.5) is 10.1 Å². The Kier molecular flexibility index (Phi) is 2.75. The first-order valence-electron chi connectivity index (χ1n) is 4.87. The second-order valence-electron chi connectivity index (χ2n) is 3.61. The number of nitrogens with zero attached hydrogens (tertiary/aromatic N) is 2. The number of benzene rings is 1. The van der Waals surface area contributed by atoms with Gasteiger partial charge in [-0.25, -0.2) is 4.39 Å². The maximum atomic E-state index is 13.6. The third kappa shape index (κ3) is 2.23. The van der Waals surface area contributed by atoms with E-state index in [1.165, 1.54) is 17.0 Å². The van der Waals surface area contributed by atoms with Gasteiger partial charge in [-0.15, -0.1) is 0 Å². The van der Waals surface area contributed by atoms with Gasteiger partial charge < -0.3 is 4.90 Å². The minimum atomic E-state index is -0.619. The summed E-state index contributed by atoms with van der Waals surface area (Å²) >= 11 is 0. The van der Waals surface area contributed by atoms with Crippen molar-refractivity contribution in [3.05, 3.63) is 29.6 Å². The van der Waals surface area contributed by atoms with E-state index in [9.17, 15) is 14.0 Å². The molecule has 0 aromatic heterocycles. The molecule has 1 aromatic rings. The molecule has 2 rings (SSSR count). The van der Waals surface area contributed by atoms with Gasteiger partial charge in [0.15, 0.2) is 0 Å². The minimum absolute atomic E-state index is 0.0748. The largest absolute Gasteiger partial charge is 0.351 e. The lowest BCUT2D eigenvalue weighted by molar-refractivity contribution is -0.130. The molecule has 0 spiro atoms. The van der Waals surface area contributed by atoms with E-state index in [1.807, 2.05) is 6.07 Å².